The lowest BCUT2D eigenvalue weighted by atomic mass is 10.00. The largest absolute Gasteiger partial charge is 0.392 e. The molecular formula is C17H18O2. The molecule has 0 spiro atoms. The summed E-state index contributed by atoms with van der Waals surface area (Å²) in [6, 6.07) is 18.3. The summed E-state index contributed by atoms with van der Waals surface area (Å²) in [5.41, 5.74) is 3.39. The zero-order chi connectivity index (χ0) is 13.7. The van der Waals surface area contributed by atoms with Crippen molar-refractivity contribution in [3.05, 3.63) is 60.2 Å². The second-order valence-electron chi connectivity index (χ2n) is 4.83. The lowest BCUT2D eigenvalue weighted by Crippen LogP contribution is -2.14. The van der Waals surface area contributed by atoms with Crippen LogP contribution in [0.4, 0.5) is 0 Å². The molecule has 0 aromatic heterocycles. The quantitative estimate of drug-likeness (QED) is 0.889. The maximum Gasteiger partial charge on any atom is 0.132 e. The summed E-state index contributed by atoms with van der Waals surface area (Å²) in [6.45, 7) is 1.50. The maximum absolute atomic E-state index is 10.9. The third-order valence-corrected chi connectivity index (χ3v) is 3.06. The highest BCUT2D eigenvalue weighted by Crippen LogP contribution is 2.19. The number of aliphatic hydroxyl groups is 1. The monoisotopic (exact) mass is 254 g/mol. The van der Waals surface area contributed by atoms with Gasteiger partial charge < -0.3 is 5.11 Å². The van der Waals surface area contributed by atoms with Crippen LogP contribution in [0.25, 0.3) is 11.1 Å². The first-order valence-corrected chi connectivity index (χ1v) is 6.47. The molecule has 2 rings (SSSR count). The Morgan fingerprint density at radius 2 is 1.58 bits per heavy atom. The standard InChI is InChI=1S/C17H18O2/c1-13(18)11-17(19)12-14-7-9-16(10-8-14)15-5-3-2-4-6-15/h2-10,17,19H,11-12H2,1H3/t17-/m0/s1. The van der Waals surface area contributed by atoms with E-state index in [2.05, 4.69) is 12.1 Å². The summed E-state index contributed by atoms with van der Waals surface area (Å²) in [7, 11) is 0. The second-order valence-corrected chi connectivity index (χ2v) is 4.83. The number of carbonyl (C=O) groups is 1. The van der Waals surface area contributed by atoms with E-state index in [9.17, 15) is 9.90 Å². The number of hydrogen-bond donors (Lipinski definition) is 1. The van der Waals surface area contributed by atoms with Gasteiger partial charge >= 0.3 is 0 Å². The average Bonchev–Trinajstić information content (AvgIpc) is 2.39. The highest BCUT2D eigenvalue weighted by Gasteiger charge is 2.08. The Morgan fingerprint density at radius 3 is 2.16 bits per heavy atom. The molecule has 0 radical (unpaired) electrons. The average molecular weight is 254 g/mol. The summed E-state index contributed by atoms with van der Waals surface area (Å²) >= 11 is 0. The van der Waals surface area contributed by atoms with Crippen LogP contribution in [0.5, 0.6) is 0 Å². The van der Waals surface area contributed by atoms with Crippen molar-refractivity contribution in [1.29, 1.82) is 0 Å². The molecule has 98 valence electrons. The number of Topliss-reactive ketones (excluding diaryl/α,β-unsaturated/α-hetero) is 1. The first-order valence-electron chi connectivity index (χ1n) is 6.47. The molecule has 0 amide bonds. The highest BCUT2D eigenvalue weighted by molar-refractivity contribution is 5.76. The van der Waals surface area contributed by atoms with Crippen molar-refractivity contribution >= 4 is 5.78 Å². The highest BCUT2D eigenvalue weighted by atomic mass is 16.3. The second kappa shape index (κ2) is 6.30. The Morgan fingerprint density at radius 1 is 1.00 bits per heavy atom. The van der Waals surface area contributed by atoms with E-state index in [1.54, 1.807) is 0 Å². The summed E-state index contributed by atoms with van der Waals surface area (Å²) in [6.07, 6.45) is 0.162. The minimum absolute atomic E-state index is 0.0217. The van der Waals surface area contributed by atoms with E-state index in [0.29, 0.717) is 6.42 Å². The lowest BCUT2D eigenvalue weighted by Gasteiger charge is -2.09. The van der Waals surface area contributed by atoms with Crippen molar-refractivity contribution in [2.24, 2.45) is 0 Å². The molecule has 0 unspecified atom stereocenters. The van der Waals surface area contributed by atoms with Gasteiger partial charge in [0.05, 0.1) is 6.10 Å². The molecule has 2 aromatic carbocycles. The first-order chi connectivity index (χ1) is 9.15. The van der Waals surface area contributed by atoms with Gasteiger partial charge in [0.15, 0.2) is 0 Å². The third-order valence-electron chi connectivity index (χ3n) is 3.06. The number of benzene rings is 2. The first kappa shape index (κ1) is 13.5. The van der Waals surface area contributed by atoms with E-state index in [-0.39, 0.29) is 12.2 Å². The van der Waals surface area contributed by atoms with Gasteiger partial charge in [0.1, 0.15) is 5.78 Å². The molecule has 2 aromatic rings. The van der Waals surface area contributed by atoms with Gasteiger partial charge in [0.2, 0.25) is 0 Å². The predicted octanol–water partition coefficient (Wildman–Crippen LogP) is 3.24. The summed E-state index contributed by atoms with van der Waals surface area (Å²) in [5, 5.41) is 9.74. The molecule has 0 aliphatic rings. The van der Waals surface area contributed by atoms with E-state index >= 15 is 0 Å². The Balaban J connectivity index is 2.05. The van der Waals surface area contributed by atoms with Crippen LogP contribution >= 0.6 is 0 Å². The number of hydrogen-bond acceptors (Lipinski definition) is 2. The van der Waals surface area contributed by atoms with E-state index in [4.69, 9.17) is 0 Å². The van der Waals surface area contributed by atoms with Gasteiger partial charge in [0.25, 0.3) is 0 Å². The number of carbonyl (C=O) groups excluding carboxylic acids is 1. The lowest BCUT2D eigenvalue weighted by molar-refractivity contribution is -0.118. The molecule has 0 saturated heterocycles. The topological polar surface area (TPSA) is 37.3 Å². The molecule has 0 aliphatic heterocycles. The van der Waals surface area contributed by atoms with Crippen molar-refractivity contribution < 1.29 is 9.90 Å². The molecular weight excluding hydrogens is 236 g/mol. The molecule has 0 saturated carbocycles. The molecule has 0 bridgehead atoms. The number of rotatable bonds is 5. The van der Waals surface area contributed by atoms with Crippen molar-refractivity contribution in [2.45, 2.75) is 25.9 Å². The normalized spacial score (nSPS) is 12.1. The Hall–Kier alpha value is -1.93. The van der Waals surface area contributed by atoms with Crippen molar-refractivity contribution in [1.82, 2.24) is 0 Å². The van der Waals surface area contributed by atoms with Crippen LogP contribution in [0.1, 0.15) is 18.9 Å². The number of ketones is 1. The summed E-state index contributed by atoms with van der Waals surface area (Å²) in [4.78, 5) is 10.9. The van der Waals surface area contributed by atoms with Crippen LogP contribution in [0.15, 0.2) is 54.6 Å². The van der Waals surface area contributed by atoms with E-state index in [0.717, 1.165) is 11.1 Å². The van der Waals surface area contributed by atoms with Gasteiger partial charge in [-0.05, 0) is 30.0 Å². The number of aliphatic hydroxyl groups excluding tert-OH is 1. The Bertz CT molecular complexity index is 529. The van der Waals surface area contributed by atoms with Crippen LogP contribution < -0.4 is 0 Å². The van der Waals surface area contributed by atoms with Crippen LogP contribution in [0.3, 0.4) is 0 Å². The molecule has 19 heavy (non-hydrogen) atoms. The SMILES string of the molecule is CC(=O)C[C@H](O)Cc1ccc(-c2ccccc2)cc1. The van der Waals surface area contributed by atoms with Gasteiger partial charge in [-0.25, -0.2) is 0 Å². The third kappa shape index (κ3) is 4.04. The van der Waals surface area contributed by atoms with Crippen LogP contribution in [0, 0.1) is 0 Å². The van der Waals surface area contributed by atoms with Gasteiger partial charge in [-0.2, -0.15) is 0 Å². The Labute approximate surface area is 113 Å². The molecule has 2 heteroatoms. The smallest absolute Gasteiger partial charge is 0.132 e. The fraction of sp³-hybridized carbons (Fsp3) is 0.235. The van der Waals surface area contributed by atoms with Crippen molar-refractivity contribution in [3.63, 3.8) is 0 Å². The van der Waals surface area contributed by atoms with Crippen molar-refractivity contribution in [2.75, 3.05) is 0 Å². The van der Waals surface area contributed by atoms with E-state index < -0.39 is 6.10 Å². The summed E-state index contributed by atoms with van der Waals surface area (Å²) in [5.74, 6) is 0.0217. The van der Waals surface area contributed by atoms with Gasteiger partial charge in [-0.1, -0.05) is 54.6 Å². The minimum Gasteiger partial charge on any atom is -0.392 e. The predicted molar refractivity (Wildman–Crippen MR) is 76.9 cm³/mol. The molecule has 1 atom stereocenters. The van der Waals surface area contributed by atoms with E-state index in [1.807, 2.05) is 42.5 Å². The van der Waals surface area contributed by atoms with Gasteiger partial charge in [-0.3, -0.25) is 4.79 Å². The van der Waals surface area contributed by atoms with Gasteiger partial charge in [0, 0.05) is 6.42 Å². The molecule has 0 aliphatic carbocycles. The fourth-order valence-corrected chi connectivity index (χ4v) is 2.14. The van der Waals surface area contributed by atoms with Crippen LogP contribution in [-0.2, 0) is 11.2 Å². The van der Waals surface area contributed by atoms with Crippen molar-refractivity contribution in [3.8, 4) is 11.1 Å². The molecule has 0 heterocycles. The maximum atomic E-state index is 10.9. The summed E-state index contributed by atoms with van der Waals surface area (Å²) < 4.78 is 0. The minimum atomic E-state index is -0.583. The molecule has 1 N–H and O–H groups in total. The fourth-order valence-electron chi connectivity index (χ4n) is 2.14. The zero-order valence-corrected chi connectivity index (χ0v) is 11.0. The van der Waals surface area contributed by atoms with Crippen LogP contribution in [-0.4, -0.2) is 17.0 Å². The van der Waals surface area contributed by atoms with Gasteiger partial charge in [-0.15, -0.1) is 0 Å². The zero-order valence-electron chi connectivity index (χ0n) is 11.0. The van der Waals surface area contributed by atoms with E-state index in [1.165, 1.54) is 12.5 Å². The van der Waals surface area contributed by atoms with Crippen LogP contribution in [0.2, 0.25) is 0 Å². The molecule has 2 nitrogen and oxygen atoms in total. The Kier molecular flexibility index (Phi) is 4.48. The molecule has 0 fully saturated rings.